The zero-order chi connectivity index (χ0) is 21.0. The van der Waals surface area contributed by atoms with Crippen molar-refractivity contribution in [3.8, 4) is 17.4 Å². The SMILES string of the molecule is COc1ccc(OC)c(CCC(=O)Nc2cc(C)nn2-c2nc(C)cc(C)n2)c1. The Bertz CT molecular complexity index is 1010. The normalized spacial score (nSPS) is 10.7. The average molecular weight is 395 g/mol. The Balaban J connectivity index is 1.75. The third kappa shape index (κ3) is 4.90. The average Bonchev–Trinajstić information content (AvgIpc) is 3.05. The van der Waals surface area contributed by atoms with Gasteiger partial charge in [-0.25, -0.2) is 9.97 Å². The number of ether oxygens (including phenoxy) is 2. The first kappa shape index (κ1) is 20.3. The number of aryl methyl sites for hydroxylation is 4. The second-order valence-electron chi connectivity index (χ2n) is 6.76. The summed E-state index contributed by atoms with van der Waals surface area (Å²) in [5.41, 5.74) is 3.34. The van der Waals surface area contributed by atoms with Gasteiger partial charge in [0, 0.05) is 23.9 Å². The van der Waals surface area contributed by atoms with Crippen molar-refractivity contribution in [2.45, 2.75) is 33.6 Å². The number of carbonyl (C=O) groups is 1. The number of amides is 1. The zero-order valence-corrected chi connectivity index (χ0v) is 17.3. The van der Waals surface area contributed by atoms with E-state index in [1.807, 2.05) is 45.0 Å². The molecule has 2 heterocycles. The number of benzene rings is 1. The molecule has 0 spiro atoms. The summed E-state index contributed by atoms with van der Waals surface area (Å²) in [5.74, 6) is 2.28. The first-order valence-electron chi connectivity index (χ1n) is 9.29. The topological polar surface area (TPSA) is 91.2 Å². The largest absolute Gasteiger partial charge is 0.497 e. The molecule has 0 saturated heterocycles. The molecule has 3 rings (SSSR count). The second-order valence-corrected chi connectivity index (χ2v) is 6.76. The van der Waals surface area contributed by atoms with E-state index in [1.165, 1.54) is 0 Å². The highest BCUT2D eigenvalue weighted by atomic mass is 16.5. The maximum absolute atomic E-state index is 12.6. The van der Waals surface area contributed by atoms with Crippen molar-refractivity contribution in [3.63, 3.8) is 0 Å². The summed E-state index contributed by atoms with van der Waals surface area (Å²) in [4.78, 5) is 21.5. The van der Waals surface area contributed by atoms with Crippen LogP contribution in [0.5, 0.6) is 11.5 Å². The number of hydrogen-bond acceptors (Lipinski definition) is 6. The molecule has 2 aromatic heterocycles. The van der Waals surface area contributed by atoms with Crippen molar-refractivity contribution in [2.24, 2.45) is 0 Å². The van der Waals surface area contributed by atoms with Gasteiger partial charge in [0.25, 0.3) is 5.95 Å². The van der Waals surface area contributed by atoms with Crippen LogP contribution in [0.2, 0.25) is 0 Å². The Morgan fingerprint density at radius 2 is 1.72 bits per heavy atom. The third-order valence-corrected chi connectivity index (χ3v) is 4.37. The van der Waals surface area contributed by atoms with Crippen LogP contribution in [0.15, 0.2) is 30.3 Å². The highest BCUT2D eigenvalue weighted by Gasteiger charge is 2.15. The van der Waals surface area contributed by atoms with Gasteiger partial charge in [-0.2, -0.15) is 9.78 Å². The van der Waals surface area contributed by atoms with Crippen LogP contribution in [-0.4, -0.2) is 39.9 Å². The molecular weight excluding hydrogens is 370 g/mol. The van der Waals surface area contributed by atoms with Crippen molar-refractivity contribution in [1.29, 1.82) is 0 Å². The van der Waals surface area contributed by atoms with Gasteiger partial charge < -0.3 is 14.8 Å². The fourth-order valence-electron chi connectivity index (χ4n) is 3.07. The molecule has 0 aliphatic rings. The molecule has 1 amide bonds. The van der Waals surface area contributed by atoms with E-state index in [4.69, 9.17) is 9.47 Å². The first-order chi connectivity index (χ1) is 13.9. The van der Waals surface area contributed by atoms with Gasteiger partial charge in [0.2, 0.25) is 5.91 Å². The minimum absolute atomic E-state index is 0.139. The standard InChI is InChI=1S/C21H25N5O3/c1-13-10-14(2)23-21(22-13)26-19(11-15(3)25-26)24-20(27)9-6-16-12-17(28-4)7-8-18(16)29-5/h7-8,10-12H,6,9H2,1-5H3,(H,24,27). The monoisotopic (exact) mass is 395 g/mol. The fraction of sp³-hybridized carbons (Fsp3) is 0.333. The Morgan fingerprint density at radius 1 is 1.00 bits per heavy atom. The third-order valence-electron chi connectivity index (χ3n) is 4.37. The molecule has 8 heteroatoms. The lowest BCUT2D eigenvalue weighted by atomic mass is 10.1. The van der Waals surface area contributed by atoms with Gasteiger partial charge in [-0.05, 0) is 57.0 Å². The van der Waals surface area contributed by atoms with Crippen LogP contribution in [0.25, 0.3) is 5.95 Å². The Hall–Kier alpha value is -3.42. The lowest BCUT2D eigenvalue weighted by Crippen LogP contribution is -2.17. The van der Waals surface area contributed by atoms with Crippen molar-refractivity contribution in [3.05, 3.63) is 53.0 Å². The lowest BCUT2D eigenvalue weighted by molar-refractivity contribution is -0.116. The molecule has 8 nitrogen and oxygen atoms in total. The molecule has 1 aromatic carbocycles. The summed E-state index contributed by atoms with van der Waals surface area (Å²) in [6, 6.07) is 9.23. The molecule has 0 bridgehead atoms. The zero-order valence-electron chi connectivity index (χ0n) is 17.3. The molecule has 0 saturated carbocycles. The van der Waals surface area contributed by atoms with Gasteiger partial charge in [0.05, 0.1) is 19.9 Å². The molecule has 1 N–H and O–H groups in total. The molecule has 152 valence electrons. The molecular formula is C21H25N5O3. The number of nitrogens with zero attached hydrogens (tertiary/aromatic N) is 4. The molecule has 0 atom stereocenters. The Morgan fingerprint density at radius 3 is 2.38 bits per heavy atom. The van der Waals surface area contributed by atoms with Crippen LogP contribution >= 0.6 is 0 Å². The predicted octanol–water partition coefficient (Wildman–Crippen LogP) is 3.18. The first-order valence-corrected chi connectivity index (χ1v) is 9.29. The van der Waals surface area contributed by atoms with Crippen molar-refractivity contribution in [2.75, 3.05) is 19.5 Å². The second kappa shape index (κ2) is 8.72. The van der Waals surface area contributed by atoms with E-state index in [0.29, 0.717) is 18.2 Å². The predicted molar refractivity (Wildman–Crippen MR) is 110 cm³/mol. The number of methoxy groups -OCH3 is 2. The van der Waals surface area contributed by atoms with Crippen LogP contribution in [0, 0.1) is 20.8 Å². The van der Waals surface area contributed by atoms with Crippen LogP contribution < -0.4 is 14.8 Å². The van der Waals surface area contributed by atoms with Crippen molar-refractivity contribution < 1.29 is 14.3 Å². The van der Waals surface area contributed by atoms with Crippen LogP contribution in [0.4, 0.5) is 5.82 Å². The van der Waals surface area contributed by atoms with Gasteiger partial charge in [0.15, 0.2) is 0 Å². The Labute approximate surface area is 169 Å². The molecule has 0 aliphatic heterocycles. The van der Waals surface area contributed by atoms with Crippen LogP contribution in [0.3, 0.4) is 0 Å². The maximum Gasteiger partial charge on any atom is 0.252 e. The highest BCUT2D eigenvalue weighted by molar-refractivity contribution is 5.90. The molecule has 0 unspecified atom stereocenters. The molecule has 29 heavy (non-hydrogen) atoms. The smallest absolute Gasteiger partial charge is 0.252 e. The van der Waals surface area contributed by atoms with Gasteiger partial charge in [-0.3, -0.25) is 4.79 Å². The van der Waals surface area contributed by atoms with E-state index in [1.54, 1.807) is 25.0 Å². The quantitative estimate of drug-likeness (QED) is 0.661. The summed E-state index contributed by atoms with van der Waals surface area (Å²) in [6.45, 7) is 5.65. The van der Waals surface area contributed by atoms with E-state index in [2.05, 4.69) is 20.4 Å². The van der Waals surface area contributed by atoms with Crippen LogP contribution in [-0.2, 0) is 11.2 Å². The van der Waals surface area contributed by atoms with Gasteiger partial charge in [-0.15, -0.1) is 0 Å². The van der Waals surface area contributed by atoms with E-state index >= 15 is 0 Å². The number of anilines is 1. The lowest BCUT2D eigenvalue weighted by Gasteiger charge is -2.11. The van der Waals surface area contributed by atoms with Crippen molar-refractivity contribution in [1.82, 2.24) is 19.7 Å². The molecule has 3 aromatic rings. The minimum atomic E-state index is -0.139. The van der Waals surface area contributed by atoms with Crippen LogP contribution in [0.1, 0.15) is 29.1 Å². The molecule has 0 aliphatic carbocycles. The van der Waals surface area contributed by atoms with Gasteiger partial charge in [-0.1, -0.05) is 0 Å². The summed E-state index contributed by atoms with van der Waals surface area (Å²) >= 11 is 0. The Kier molecular flexibility index (Phi) is 6.11. The highest BCUT2D eigenvalue weighted by Crippen LogP contribution is 2.25. The number of hydrogen-bond donors (Lipinski definition) is 1. The summed E-state index contributed by atoms with van der Waals surface area (Å²) in [5, 5.41) is 7.34. The van der Waals surface area contributed by atoms with E-state index in [9.17, 15) is 4.79 Å². The summed E-state index contributed by atoms with van der Waals surface area (Å²) in [6.07, 6.45) is 0.792. The summed E-state index contributed by atoms with van der Waals surface area (Å²) < 4.78 is 12.2. The van der Waals surface area contributed by atoms with E-state index in [-0.39, 0.29) is 12.3 Å². The molecule has 0 radical (unpaired) electrons. The van der Waals surface area contributed by atoms with E-state index in [0.717, 1.165) is 34.1 Å². The van der Waals surface area contributed by atoms with Gasteiger partial charge in [0.1, 0.15) is 17.3 Å². The molecule has 0 fully saturated rings. The van der Waals surface area contributed by atoms with Crippen molar-refractivity contribution >= 4 is 11.7 Å². The van der Waals surface area contributed by atoms with Gasteiger partial charge >= 0.3 is 0 Å². The maximum atomic E-state index is 12.6. The number of carbonyl (C=O) groups excluding carboxylic acids is 1. The fourth-order valence-corrected chi connectivity index (χ4v) is 3.07. The number of rotatable bonds is 7. The number of aromatic nitrogens is 4. The number of nitrogens with one attached hydrogen (secondary N) is 1. The summed E-state index contributed by atoms with van der Waals surface area (Å²) in [7, 11) is 3.22. The van der Waals surface area contributed by atoms with E-state index < -0.39 is 0 Å². The minimum Gasteiger partial charge on any atom is -0.497 e.